The van der Waals surface area contributed by atoms with E-state index >= 15 is 0 Å². The maximum Gasteiger partial charge on any atom is 0.308 e. The zero-order valence-electron chi connectivity index (χ0n) is 8.53. The van der Waals surface area contributed by atoms with Crippen molar-refractivity contribution < 1.29 is 14.3 Å². The lowest BCUT2D eigenvalue weighted by atomic mass is 10.3. The lowest BCUT2D eigenvalue weighted by molar-refractivity contribution is -0.131. The Labute approximate surface area is 103 Å². The molecule has 0 aliphatic heterocycles. The van der Waals surface area contributed by atoms with Crippen molar-refractivity contribution in [3.63, 3.8) is 0 Å². The molecule has 3 nitrogen and oxygen atoms in total. The molecular formula is C11H13IO3. The Kier molecular flexibility index (Phi) is 5.45. The molecule has 0 bridgehead atoms. The van der Waals surface area contributed by atoms with Crippen LogP contribution >= 0.6 is 22.6 Å². The molecular weight excluding hydrogens is 307 g/mol. The van der Waals surface area contributed by atoms with Crippen LogP contribution in [0.5, 0.6) is 11.5 Å². The smallest absolute Gasteiger partial charge is 0.308 e. The van der Waals surface area contributed by atoms with Crippen LogP contribution < -0.4 is 9.47 Å². The van der Waals surface area contributed by atoms with Crippen LogP contribution in [0.1, 0.15) is 13.3 Å². The van der Waals surface area contributed by atoms with Gasteiger partial charge in [0.05, 0.1) is 6.61 Å². The molecule has 0 atom stereocenters. The molecule has 0 fully saturated rings. The molecule has 0 unspecified atom stereocenters. The fraction of sp³-hybridized carbons (Fsp3) is 0.364. The molecule has 0 heterocycles. The number of ether oxygens (including phenoxy) is 2. The summed E-state index contributed by atoms with van der Waals surface area (Å²) in [6.45, 7) is 2.07. The van der Waals surface area contributed by atoms with Crippen molar-refractivity contribution in [1.29, 1.82) is 0 Å². The van der Waals surface area contributed by atoms with Crippen LogP contribution in [-0.4, -0.2) is 17.0 Å². The van der Waals surface area contributed by atoms with Crippen molar-refractivity contribution in [2.75, 3.05) is 11.0 Å². The minimum Gasteiger partial charge on any atom is -0.493 e. The number of benzene rings is 1. The molecule has 0 radical (unpaired) electrons. The van der Waals surface area contributed by atoms with E-state index in [1.165, 1.54) is 6.92 Å². The predicted octanol–water partition coefficient (Wildman–Crippen LogP) is 2.82. The van der Waals surface area contributed by atoms with Crippen LogP contribution in [0.15, 0.2) is 24.3 Å². The van der Waals surface area contributed by atoms with Crippen LogP contribution in [0.2, 0.25) is 0 Å². The number of esters is 1. The number of hydrogen-bond acceptors (Lipinski definition) is 3. The van der Waals surface area contributed by atoms with E-state index in [2.05, 4.69) is 22.6 Å². The summed E-state index contributed by atoms with van der Waals surface area (Å²) in [5.74, 6) is 0.937. The standard InChI is InChI=1S/C11H13IO3/c1-9(13)15-11-5-2-4-10(8-11)14-7-3-6-12/h2,4-5,8H,3,6-7H2,1H3. The lowest BCUT2D eigenvalue weighted by Crippen LogP contribution is -2.02. The molecule has 0 N–H and O–H groups in total. The third-order valence-electron chi connectivity index (χ3n) is 1.61. The Bertz CT molecular complexity index is 325. The Morgan fingerprint density at radius 1 is 1.40 bits per heavy atom. The summed E-state index contributed by atoms with van der Waals surface area (Å²) in [7, 11) is 0. The highest BCUT2D eigenvalue weighted by Gasteiger charge is 2.00. The minimum absolute atomic E-state index is 0.320. The molecule has 0 saturated carbocycles. The number of halogens is 1. The van der Waals surface area contributed by atoms with Crippen LogP contribution in [0.3, 0.4) is 0 Å². The highest BCUT2D eigenvalue weighted by molar-refractivity contribution is 14.1. The molecule has 0 aliphatic carbocycles. The number of hydrogen-bond donors (Lipinski definition) is 0. The molecule has 1 aromatic carbocycles. The van der Waals surface area contributed by atoms with Crippen molar-refractivity contribution in [1.82, 2.24) is 0 Å². The average Bonchev–Trinajstić information content (AvgIpc) is 2.18. The second kappa shape index (κ2) is 6.66. The van der Waals surface area contributed by atoms with E-state index in [0.717, 1.165) is 16.6 Å². The topological polar surface area (TPSA) is 35.5 Å². The molecule has 4 heteroatoms. The summed E-state index contributed by atoms with van der Waals surface area (Å²) in [4.78, 5) is 10.7. The SMILES string of the molecule is CC(=O)Oc1cccc(OCCCI)c1. The first-order valence-electron chi connectivity index (χ1n) is 4.69. The van der Waals surface area contributed by atoms with E-state index in [0.29, 0.717) is 12.4 Å². The molecule has 15 heavy (non-hydrogen) atoms. The fourth-order valence-electron chi connectivity index (χ4n) is 1.04. The zero-order chi connectivity index (χ0) is 11.1. The van der Waals surface area contributed by atoms with Crippen LogP contribution in [0.4, 0.5) is 0 Å². The molecule has 0 spiro atoms. The molecule has 0 aromatic heterocycles. The van der Waals surface area contributed by atoms with Gasteiger partial charge in [-0.2, -0.15) is 0 Å². The van der Waals surface area contributed by atoms with E-state index in [1.54, 1.807) is 18.2 Å². The van der Waals surface area contributed by atoms with Crippen LogP contribution in [0.25, 0.3) is 0 Å². The molecule has 82 valence electrons. The maximum absolute atomic E-state index is 10.7. The van der Waals surface area contributed by atoms with Gasteiger partial charge < -0.3 is 9.47 Å². The summed E-state index contributed by atoms with van der Waals surface area (Å²) >= 11 is 2.30. The Morgan fingerprint density at radius 2 is 2.13 bits per heavy atom. The highest BCUT2D eigenvalue weighted by Crippen LogP contribution is 2.19. The van der Waals surface area contributed by atoms with Gasteiger partial charge in [0.15, 0.2) is 0 Å². The molecule has 1 rings (SSSR count). The van der Waals surface area contributed by atoms with Gasteiger partial charge >= 0.3 is 5.97 Å². The van der Waals surface area contributed by atoms with Gasteiger partial charge in [-0.3, -0.25) is 4.79 Å². The predicted molar refractivity (Wildman–Crippen MR) is 66.8 cm³/mol. The quantitative estimate of drug-likeness (QED) is 0.275. The molecule has 1 aromatic rings. The van der Waals surface area contributed by atoms with Gasteiger partial charge in [-0.1, -0.05) is 28.7 Å². The summed E-state index contributed by atoms with van der Waals surface area (Å²) in [6, 6.07) is 7.10. The fourth-order valence-corrected chi connectivity index (χ4v) is 1.35. The second-order valence-corrected chi connectivity index (χ2v) is 4.04. The molecule has 0 amide bonds. The van der Waals surface area contributed by atoms with Crippen molar-refractivity contribution in [3.05, 3.63) is 24.3 Å². The van der Waals surface area contributed by atoms with Gasteiger partial charge in [0, 0.05) is 17.4 Å². The number of carbonyl (C=O) groups is 1. The first-order valence-corrected chi connectivity index (χ1v) is 6.22. The summed E-state index contributed by atoms with van der Waals surface area (Å²) in [5, 5.41) is 0. The Balaban J connectivity index is 2.53. The summed E-state index contributed by atoms with van der Waals surface area (Å²) in [5.41, 5.74) is 0. The van der Waals surface area contributed by atoms with Gasteiger partial charge in [-0.05, 0) is 18.6 Å². The monoisotopic (exact) mass is 320 g/mol. The maximum atomic E-state index is 10.7. The van der Waals surface area contributed by atoms with Crippen molar-refractivity contribution in [2.45, 2.75) is 13.3 Å². The number of alkyl halides is 1. The van der Waals surface area contributed by atoms with Crippen LogP contribution in [-0.2, 0) is 4.79 Å². The largest absolute Gasteiger partial charge is 0.493 e. The molecule has 0 aliphatic rings. The minimum atomic E-state index is -0.320. The van der Waals surface area contributed by atoms with E-state index in [1.807, 2.05) is 6.07 Å². The van der Waals surface area contributed by atoms with Crippen LogP contribution in [0, 0.1) is 0 Å². The summed E-state index contributed by atoms with van der Waals surface area (Å²) in [6.07, 6.45) is 1.01. The average molecular weight is 320 g/mol. The van der Waals surface area contributed by atoms with Crippen molar-refractivity contribution in [3.8, 4) is 11.5 Å². The third kappa shape index (κ3) is 5.01. The van der Waals surface area contributed by atoms with Gasteiger partial charge in [0.2, 0.25) is 0 Å². The third-order valence-corrected chi connectivity index (χ3v) is 2.38. The van der Waals surface area contributed by atoms with E-state index < -0.39 is 0 Å². The van der Waals surface area contributed by atoms with E-state index in [4.69, 9.17) is 9.47 Å². The van der Waals surface area contributed by atoms with Crippen molar-refractivity contribution in [2.24, 2.45) is 0 Å². The summed E-state index contributed by atoms with van der Waals surface area (Å²) < 4.78 is 11.5. The Hall–Kier alpha value is -0.780. The Morgan fingerprint density at radius 3 is 2.80 bits per heavy atom. The second-order valence-electron chi connectivity index (χ2n) is 2.96. The zero-order valence-corrected chi connectivity index (χ0v) is 10.7. The van der Waals surface area contributed by atoms with Gasteiger partial charge in [-0.15, -0.1) is 0 Å². The van der Waals surface area contributed by atoms with Gasteiger partial charge in [-0.25, -0.2) is 0 Å². The molecule has 0 saturated heterocycles. The lowest BCUT2D eigenvalue weighted by Gasteiger charge is -2.06. The number of carbonyl (C=O) groups excluding carboxylic acids is 1. The number of rotatable bonds is 5. The normalized spacial score (nSPS) is 9.73. The first kappa shape index (κ1) is 12.3. The van der Waals surface area contributed by atoms with Gasteiger partial charge in [0.1, 0.15) is 11.5 Å². The van der Waals surface area contributed by atoms with Crippen molar-refractivity contribution >= 4 is 28.6 Å². The highest BCUT2D eigenvalue weighted by atomic mass is 127. The van der Waals surface area contributed by atoms with E-state index in [9.17, 15) is 4.79 Å². The first-order chi connectivity index (χ1) is 7.22. The van der Waals surface area contributed by atoms with Gasteiger partial charge in [0.25, 0.3) is 0 Å². The van der Waals surface area contributed by atoms with E-state index in [-0.39, 0.29) is 5.97 Å².